The summed E-state index contributed by atoms with van der Waals surface area (Å²) in [6.45, 7) is 7.35. The summed E-state index contributed by atoms with van der Waals surface area (Å²) >= 11 is 0. The Morgan fingerprint density at radius 2 is 2.15 bits per heavy atom. The number of anilines is 1. The van der Waals surface area contributed by atoms with Crippen LogP contribution in [0, 0.1) is 17.1 Å². The van der Waals surface area contributed by atoms with Crippen LogP contribution in [0.25, 0.3) is 11.0 Å². The molecule has 0 spiro atoms. The number of nitrogens with zero attached hydrogens (tertiary/aromatic N) is 5. The minimum absolute atomic E-state index is 0.279. The summed E-state index contributed by atoms with van der Waals surface area (Å²) in [6.07, 6.45) is 2.41. The number of fused-ring (bicyclic) bond motifs is 1. The molecule has 33 heavy (non-hydrogen) atoms. The molecule has 172 valence electrons. The third kappa shape index (κ3) is 5.40. The standard InChI is InChI=1S/C24H27FN6O2/c1-24(2,3)29-23(32)33-19-5-4-10-30(15-19)22-28-20-11-17(25)7-9-21(20)31(22)14-18-8-6-16(12-26)13-27-18/h6-9,11,13,19H,4-5,10,14-15H2,1-3H3,(H,29,32)/t19-/m0/s1. The van der Waals surface area contributed by atoms with Crippen molar-refractivity contribution in [1.29, 1.82) is 5.26 Å². The summed E-state index contributed by atoms with van der Waals surface area (Å²) in [5, 5.41) is 11.9. The highest BCUT2D eigenvalue weighted by Gasteiger charge is 2.28. The summed E-state index contributed by atoms with van der Waals surface area (Å²) in [6, 6.07) is 10.1. The maximum Gasteiger partial charge on any atom is 0.407 e. The zero-order valence-corrected chi connectivity index (χ0v) is 19.0. The molecule has 1 amide bonds. The van der Waals surface area contributed by atoms with Crippen molar-refractivity contribution in [3.8, 4) is 6.07 Å². The number of amides is 1. The number of benzene rings is 1. The van der Waals surface area contributed by atoms with Crippen LogP contribution in [0.3, 0.4) is 0 Å². The Kier molecular flexibility index (Phi) is 6.18. The number of hydrogen-bond acceptors (Lipinski definition) is 6. The Labute approximate surface area is 192 Å². The van der Waals surface area contributed by atoms with Crippen LogP contribution in [0.15, 0.2) is 36.5 Å². The van der Waals surface area contributed by atoms with Gasteiger partial charge in [0.15, 0.2) is 0 Å². The van der Waals surface area contributed by atoms with Crippen molar-refractivity contribution in [2.24, 2.45) is 0 Å². The molecule has 1 N–H and O–H groups in total. The Morgan fingerprint density at radius 1 is 1.33 bits per heavy atom. The van der Waals surface area contributed by atoms with Crippen LogP contribution in [0.2, 0.25) is 0 Å². The van der Waals surface area contributed by atoms with E-state index in [1.807, 2.05) is 25.3 Å². The number of piperidine rings is 1. The van der Waals surface area contributed by atoms with Gasteiger partial charge in [0.1, 0.15) is 18.0 Å². The summed E-state index contributed by atoms with van der Waals surface area (Å²) in [4.78, 5) is 23.4. The van der Waals surface area contributed by atoms with Gasteiger partial charge in [0.05, 0.1) is 35.4 Å². The highest BCUT2D eigenvalue weighted by atomic mass is 19.1. The van der Waals surface area contributed by atoms with Crippen LogP contribution in [0.1, 0.15) is 44.9 Å². The molecule has 0 bridgehead atoms. The van der Waals surface area contributed by atoms with Crippen LogP contribution >= 0.6 is 0 Å². The van der Waals surface area contributed by atoms with E-state index in [2.05, 4.69) is 21.3 Å². The van der Waals surface area contributed by atoms with Crippen LogP contribution in [0.5, 0.6) is 0 Å². The van der Waals surface area contributed by atoms with E-state index >= 15 is 0 Å². The van der Waals surface area contributed by atoms with E-state index in [4.69, 9.17) is 15.0 Å². The van der Waals surface area contributed by atoms with Crippen LogP contribution < -0.4 is 10.2 Å². The van der Waals surface area contributed by atoms with Gasteiger partial charge < -0.3 is 19.5 Å². The molecule has 9 heteroatoms. The molecule has 0 aliphatic carbocycles. The predicted octanol–water partition coefficient (Wildman–Crippen LogP) is 3.98. The first-order valence-electron chi connectivity index (χ1n) is 11.0. The number of ether oxygens (including phenoxy) is 1. The minimum atomic E-state index is -0.438. The van der Waals surface area contributed by atoms with Gasteiger partial charge in [-0.25, -0.2) is 14.2 Å². The fourth-order valence-electron chi connectivity index (χ4n) is 3.94. The van der Waals surface area contributed by atoms with Gasteiger partial charge in [0.25, 0.3) is 0 Å². The van der Waals surface area contributed by atoms with E-state index in [1.165, 1.54) is 18.3 Å². The zero-order chi connectivity index (χ0) is 23.6. The van der Waals surface area contributed by atoms with Gasteiger partial charge in [-0.1, -0.05) is 0 Å². The number of nitriles is 1. The summed E-state index contributed by atoms with van der Waals surface area (Å²) in [5.41, 5.74) is 2.20. The number of hydrogen-bond donors (Lipinski definition) is 1. The first-order valence-corrected chi connectivity index (χ1v) is 11.0. The van der Waals surface area contributed by atoms with Crippen molar-refractivity contribution in [3.63, 3.8) is 0 Å². The monoisotopic (exact) mass is 450 g/mol. The lowest BCUT2D eigenvalue weighted by molar-refractivity contribution is 0.0823. The molecule has 0 radical (unpaired) electrons. The molecule has 1 atom stereocenters. The number of nitrogens with one attached hydrogen (secondary N) is 1. The lowest BCUT2D eigenvalue weighted by atomic mass is 10.1. The van der Waals surface area contributed by atoms with Gasteiger partial charge in [0, 0.05) is 24.3 Å². The van der Waals surface area contributed by atoms with Gasteiger partial charge >= 0.3 is 6.09 Å². The maximum absolute atomic E-state index is 13.9. The zero-order valence-electron chi connectivity index (χ0n) is 19.0. The van der Waals surface area contributed by atoms with Crippen molar-refractivity contribution in [2.45, 2.75) is 51.8 Å². The quantitative estimate of drug-likeness (QED) is 0.646. The fraction of sp³-hybridized carbons (Fsp3) is 0.417. The van der Waals surface area contributed by atoms with E-state index in [9.17, 15) is 9.18 Å². The van der Waals surface area contributed by atoms with Gasteiger partial charge in [0.2, 0.25) is 5.95 Å². The molecule has 3 aromatic rings. The average molecular weight is 451 g/mol. The first kappa shape index (κ1) is 22.5. The van der Waals surface area contributed by atoms with E-state index in [0.29, 0.717) is 30.1 Å². The van der Waals surface area contributed by atoms with E-state index in [0.717, 1.165) is 30.6 Å². The third-order valence-electron chi connectivity index (χ3n) is 5.38. The molecule has 4 rings (SSSR count). The highest BCUT2D eigenvalue weighted by Crippen LogP contribution is 2.27. The van der Waals surface area contributed by atoms with Gasteiger partial charge in [-0.2, -0.15) is 5.26 Å². The number of imidazole rings is 1. The Hall–Kier alpha value is -3.67. The molecule has 1 fully saturated rings. The number of carbonyl (C=O) groups is 1. The highest BCUT2D eigenvalue weighted by molar-refractivity contribution is 5.79. The summed E-state index contributed by atoms with van der Waals surface area (Å²) < 4.78 is 21.6. The molecule has 3 heterocycles. The Balaban J connectivity index is 1.61. The van der Waals surface area contributed by atoms with Crippen molar-refractivity contribution < 1.29 is 13.9 Å². The smallest absolute Gasteiger partial charge is 0.407 e. The number of halogens is 1. The topological polar surface area (TPSA) is 96.1 Å². The molecular formula is C24H27FN6O2. The maximum atomic E-state index is 13.9. The van der Waals surface area contributed by atoms with Crippen LogP contribution in [-0.2, 0) is 11.3 Å². The van der Waals surface area contributed by atoms with E-state index < -0.39 is 6.09 Å². The molecule has 1 saturated heterocycles. The van der Waals surface area contributed by atoms with Gasteiger partial charge in [-0.05, 0) is 57.9 Å². The van der Waals surface area contributed by atoms with Crippen molar-refractivity contribution in [1.82, 2.24) is 19.9 Å². The fourth-order valence-corrected chi connectivity index (χ4v) is 3.94. The second kappa shape index (κ2) is 9.06. The minimum Gasteiger partial charge on any atom is -0.444 e. The predicted molar refractivity (Wildman–Crippen MR) is 122 cm³/mol. The molecular weight excluding hydrogens is 423 g/mol. The van der Waals surface area contributed by atoms with Gasteiger partial charge in [-0.15, -0.1) is 0 Å². The number of rotatable bonds is 4. The van der Waals surface area contributed by atoms with Crippen LogP contribution in [0.4, 0.5) is 15.1 Å². The van der Waals surface area contributed by atoms with E-state index in [1.54, 1.807) is 18.2 Å². The number of pyridine rings is 1. The Bertz CT molecular complexity index is 1190. The largest absolute Gasteiger partial charge is 0.444 e. The molecule has 0 unspecified atom stereocenters. The summed E-state index contributed by atoms with van der Waals surface area (Å²) in [5.74, 6) is 0.320. The van der Waals surface area contributed by atoms with E-state index in [-0.39, 0.29) is 17.5 Å². The van der Waals surface area contributed by atoms with Crippen molar-refractivity contribution in [3.05, 3.63) is 53.6 Å². The SMILES string of the molecule is CC(C)(C)NC(=O)O[C@H]1CCCN(c2nc3cc(F)ccc3n2Cc2ccc(C#N)cn2)C1. The molecule has 1 aliphatic heterocycles. The number of alkyl carbamates (subject to hydrolysis) is 1. The molecule has 1 aliphatic rings. The lowest BCUT2D eigenvalue weighted by Gasteiger charge is -2.34. The van der Waals surface area contributed by atoms with Crippen molar-refractivity contribution in [2.75, 3.05) is 18.0 Å². The lowest BCUT2D eigenvalue weighted by Crippen LogP contribution is -2.46. The second-order valence-corrected chi connectivity index (χ2v) is 9.27. The number of aromatic nitrogens is 3. The second-order valence-electron chi connectivity index (χ2n) is 9.27. The van der Waals surface area contributed by atoms with Gasteiger partial charge in [-0.3, -0.25) is 4.98 Å². The van der Waals surface area contributed by atoms with Crippen molar-refractivity contribution >= 4 is 23.1 Å². The third-order valence-corrected chi connectivity index (χ3v) is 5.38. The van der Waals surface area contributed by atoms with Crippen LogP contribution in [-0.4, -0.2) is 45.4 Å². The summed E-state index contributed by atoms with van der Waals surface area (Å²) in [7, 11) is 0. The first-order chi connectivity index (χ1) is 15.7. The normalized spacial score (nSPS) is 16.5. The Morgan fingerprint density at radius 3 is 2.85 bits per heavy atom. The average Bonchev–Trinajstić information content (AvgIpc) is 3.10. The molecule has 8 nitrogen and oxygen atoms in total. The molecule has 0 saturated carbocycles. The number of carbonyl (C=O) groups excluding carboxylic acids is 1. The molecule has 1 aromatic carbocycles. The molecule has 2 aromatic heterocycles.